The summed E-state index contributed by atoms with van der Waals surface area (Å²) in [6, 6.07) is 5.48. The molecule has 1 atom stereocenters. The van der Waals surface area contributed by atoms with Gasteiger partial charge in [0.25, 0.3) is 0 Å². The maximum atomic E-state index is 11.3. The topological polar surface area (TPSA) is 49.8 Å². The van der Waals surface area contributed by atoms with Crippen LogP contribution in [0.1, 0.15) is 39.2 Å². The second-order valence-electron chi connectivity index (χ2n) is 6.35. The molecule has 2 rings (SSSR count). The van der Waals surface area contributed by atoms with Crippen LogP contribution in [-0.4, -0.2) is 29.3 Å². The van der Waals surface area contributed by atoms with E-state index in [1.165, 1.54) is 0 Å². The molecule has 20 heavy (non-hydrogen) atoms. The number of anilines is 1. The zero-order valence-electron chi connectivity index (χ0n) is 12.6. The number of nitrogens with zero attached hydrogens (tertiary/aromatic N) is 1. The van der Waals surface area contributed by atoms with Gasteiger partial charge in [0.2, 0.25) is 0 Å². The van der Waals surface area contributed by atoms with Gasteiger partial charge in [0, 0.05) is 12.2 Å². The van der Waals surface area contributed by atoms with Crippen molar-refractivity contribution in [2.45, 2.75) is 52.2 Å². The van der Waals surface area contributed by atoms with Crippen LogP contribution in [0.4, 0.5) is 5.69 Å². The van der Waals surface area contributed by atoms with Crippen LogP contribution in [0.3, 0.4) is 0 Å². The van der Waals surface area contributed by atoms with Crippen LogP contribution in [-0.2, 0) is 4.79 Å². The summed E-state index contributed by atoms with van der Waals surface area (Å²) in [5, 5.41) is 9.28. The number of rotatable bonds is 3. The standard InChI is InChI=1S/C16H23NO3/c1-11-10-12(20-16(2,3)4)7-8-13(11)17-9-5-6-14(17)15(18)19/h7-8,10,14H,5-6,9H2,1-4H3,(H,18,19). The van der Waals surface area contributed by atoms with Crippen LogP contribution in [0, 0.1) is 6.92 Å². The van der Waals surface area contributed by atoms with Crippen LogP contribution < -0.4 is 9.64 Å². The molecule has 0 aromatic heterocycles. The van der Waals surface area contributed by atoms with E-state index in [1.54, 1.807) is 0 Å². The van der Waals surface area contributed by atoms with Gasteiger partial charge in [-0.2, -0.15) is 0 Å². The first-order chi connectivity index (χ1) is 9.28. The van der Waals surface area contributed by atoms with Gasteiger partial charge in [-0.15, -0.1) is 0 Å². The van der Waals surface area contributed by atoms with Gasteiger partial charge in [-0.05, 0) is 64.3 Å². The second-order valence-corrected chi connectivity index (χ2v) is 6.35. The fourth-order valence-corrected chi connectivity index (χ4v) is 2.68. The third-order valence-corrected chi connectivity index (χ3v) is 3.44. The molecule has 1 aromatic carbocycles. The minimum Gasteiger partial charge on any atom is -0.488 e. The normalized spacial score (nSPS) is 19.2. The van der Waals surface area contributed by atoms with Crippen molar-refractivity contribution in [3.63, 3.8) is 0 Å². The van der Waals surface area contributed by atoms with Gasteiger partial charge in [-0.25, -0.2) is 4.79 Å². The largest absolute Gasteiger partial charge is 0.488 e. The van der Waals surface area contributed by atoms with E-state index in [1.807, 2.05) is 50.8 Å². The highest BCUT2D eigenvalue weighted by atomic mass is 16.5. The Morgan fingerprint density at radius 3 is 2.65 bits per heavy atom. The van der Waals surface area contributed by atoms with E-state index in [9.17, 15) is 9.90 Å². The minimum absolute atomic E-state index is 0.231. The predicted octanol–water partition coefficient (Wildman–Crippen LogP) is 3.23. The third kappa shape index (κ3) is 3.24. The van der Waals surface area contributed by atoms with Gasteiger partial charge in [0.05, 0.1) is 0 Å². The molecule has 1 heterocycles. The van der Waals surface area contributed by atoms with Crippen molar-refractivity contribution in [2.75, 3.05) is 11.4 Å². The molecule has 0 aliphatic carbocycles. The van der Waals surface area contributed by atoms with Crippen molar-refractivity contribution in [3.05, 3.63) is 23.8 Å². The molecule has 0 spiro atoms. The third-order valence-electron chi connectivity index (χ3n) is 3.44. The number of hydrogen-bond donors (Lipinski definition) is 1. The molecule has 1 aromatic rings. The molecule has 1 aliphatic heterocycles. The molecule has 1 aliphatic rings. The van der Waals surface area contributed by atoms with Gasteiger partial charge in [-0.3, -0.25) is 0 Å². The van der Waals surface area contributed by atoms with Crippen LogP contribution in [0.25, 0.3) is 0 Å². The number of ether oxygens (including phenoxy) is 1. The summed E-state index contributed by atoms with van der Waals surface area (Å²) in [7, 11) is 0. The molecule has 0 bridgehead atoms. The molecule has 0 radical (unpaired) electrons. The lowest BCUT2D eigenvalue weighted by atomic mass is 10.1. The van der Waals surface area contributed by atoms with Gasteiger partial charge in [0.1, 0.15) is 17.4 Å². The van der Waals surface area contributed by atoms with Crippen LogP contribution in [0.5, 0.6) is 5.75 Å². The molecular formula is C16H23NO3. The van der Waals surface area contributed by atoms with Crippen molar-refractivity contribution < 1.29 is 14.6 Å². The van der Waals surface area contributed by atoms with Crippen LogP contribution in [0.2, 0.25) is 0 Å². The zero-order chi connectivity index (χ0) is 14.9. The molecule has 0 amide bonds. The van der Waals surface area contributed by atoms with Crippen molar-refractivity contribution in [2.24, 2.45) is 0 Å². The molecule has 110 valence electrons. The Morgan fingerprint density at radius 2 is 2.10 bits per heavy atom. The molecule has 1 unspecified atom stereocenters. The Labute approximate surface area is 120 Å². The molecule has 1 N–H and O–H groups in total. The Kier molecular flexibility index (Phi) is 3.93. The van der Waals surface area contributed by atoms with Crippen LogP contribution >= 0.6 is 0 Å². The zero-order valence-corrected chi connectivity index (χ0v) is 12.6. The molecule has 0 saturated carbocycles. The Balaban J connectivity index is 2.23. The van der Waals surface area contributed by atoms with E-state index in [0.29, 0.717) is 0 Å². The highest BCUT2D eigenvalue weighted by Crippen LogP contribution is 2.31. The number of carboxylic acid groups (broad SMARTS) is 1. The summed E-state index contributed by atoms with van der Waals surface area (Å²) in [5.41, 5.74) is 1.82. The summed E-state index contributed by atoms with van der Waals surface area (Å²) < 4.78 is 5.84. The van der Waals surface area contributed by atoms with Gasteiger partial charge in [0.15, 0.2) is 0 Å². The lowest BCUT2D eigenvalue weighted by molar-refractivity contribution is -0.138. The van der Waals surface area contributed by atoms with E-state index in [2.05, 4.69) is 0 Å². The summed E-state index contributed by atoms with van der Waals surface area (Å²) in [6.07, 6.45) is 1.64. The number of hydrogen-bond acceptors (Lipinski definition) is 3. The number of benzene rings is 1. The monoisotopic (exact) mass is 277 g/mol. The molecule has 1 saturated heterocycles. The minimum atomic E-state index is -0.739. The van der Waals surface area contributed by atoms with E-state index >= 15 is 0 Å². The summed E-state index contributed by atoms with van der Waals surface area (Å²) >= 11 is 0. The lowest BCUT2D eigenvalue weighted by Gasteiger charge is -2.27. The summed E-state index contributed by atoms with van der Waals surface area (Å²) in [4.78, 5) is 13.3. The fourth-order valence-electron chi connectivity index (χ4n) is 2.68. The first-order valence-corrected chi connectivity index (χ1v) is 7.07. The average Bonchev–Trinajstić information content (AvgIpc) is 2.75. The molecule has 4 heteroatoms. The number of aliphatic carboxylic acids is 1. The van der Waals surface area contributed by atoms with Crippen molar-refractivity contribution in [1.29, 1.82) is 0 Å². The Bertz CT molecular complexity index is 505. The first-order valence-electron chi connectivity index (χ1n) is 7.07. The van der Waals surface area contributed by atoms with Gasteiger partial charge >= 0.3 is 5.97 Å². The summed E-state index contributed by atoms with van der Waals surface area (Å²) in [6.45, 7) is 8.84. The number of carbonyl (C=O) groups is 1. The highest BCUT2D eigenvalue weighted by molar-refractivity contribution is 5.79. The smallest absolute Gasteiger partial charge is 0.326 e. The first kappa shape index (κ1) is 14.7. The van der Waals surface area contributed by atoms with E-state index in [4.69, 9.17) is 4.74 Å². The Hall–Kier alpha value is -1.71. The number of aryl methyl sites for hydroxylation is 1. The van der Waals surface area contributed by atoms with E-state index in [-0.39, 0.29) is 5.60 Å². The highest BCUT2D eigenvalue weighted by Gasteiger charge is 2.31. The van der Waals surface area contributed by atoms with Crippen LogP contribution in [0.15, 0.2) is 18.2 Å². The predicted molar refractivity (Wildman–Crippen MR) is 79.6 cm³/mol. The van der Waals surface area contributed by atoms with E-state index in [0.717, 1.165) is 36.4 Å². The second kappa shape index (κ2) is 5.35. The average molecular weight is 277 g/mol. The van der Waals surface area contributed by atoms with Crippen molar-refractivity contribution in [1.82, 2.24) is 0 Å². The van der Waals surface area contributed by atoms with Gasteiger partial charge in [-0.1, -0.05) is 0 Å². The summed E-state index contributed by atoms with van der Waals surface area (Å²) in [5.74, 6) is 0.0849. The van der Waals surface area contributed by atoms with Crippen molar-refractivity contribution >= 4 is 11.7 Å². The van der Waals surface area contributed by atoms with Gasteiger partial charge < -0.3 is 14.7 Å². The SMILES string of the molecule is Cc1cc(OC(C)(C)C)ccc1N1CCCC1C(=O)O. The lowest BCUT2D eigenvalue weighted by Crippen LogP contribution is -2.36. The molecule has 4 nitrogen and oxygen atoms in total. The number of carboxylic acids is 1. The maximum Gasteiger partial charge on any atom is 0.326 e. The van der Waals surface area contributed by atoms with Crippen molar-refractivity contribution in [3.8, 4) is 5.75 Å². The molecule has 1 fully saturated rings. The van der Waals surface area contributed by atoms with E-state index < -0.39 is 12.0 Å². The fraction of sp³-hybridized carbons (Fsp3) is 0.562. The molecular weight excluding hydrogens is 254 g/mol. The Morgan fingerprint density at radius 1 is 1.40 bits per heavy atom. The maximum absolute atomic E-state index is 11.3. The quantitative estimate of drug-likeness (QED) is 0.921.